The summed E-state index contributed by atoms with van der Waals surface area (Å²) in [5, 5.41) is 5.00. The van der Waals surface area contributed by atoms with E-state index in [1.807, 2.05) is 51.1 Å². The number of anilines is 1. The van der Waals surface area contributed by atoms with Crippen LogP contribution in [-0.4, -0.2) is 43.1 Å². The average molecular weight is 410 g/mol. The molecule has 0 saturated heterocycles. The SMILES string of the molecule is CCOc1cc2ncnc(N/N=C/c3ccccc3OC)c2c(OCC)c1OCC. The second kappa shape index (κ2) is 10.3. The van der Waals surface area contributed by atoms with Gasteiger partial charge in [0, 0.05) is 11.6 Å². The first-order chi connectivity index (χ1) is 14.7. The minimum Gasteiger partial charge on any atom is -0.496 e. The third-order valence-electron chi connectivity index (χ3n) is 4.19. The molecule has 0 aliphatic carbocycles. The van der Waals surface area contributed by atoms with Crippen molar-refractivity contribution in [2.45, 2.75) is 20.8 Å². The third-order valence-corrected chi connectivity index (χ3v) is 4.19. The number of aromatic nitrogens is 2. The summed E-state index contributed by atoms with van der Waals surface area (Å²) >= 11 is 0. The fourth-order valence-electron chi connectivity index (χ4n) is 2.99. The fourth-order valence-corrected chi connectivity index (χ4v) is 2.99. The summed E-state index contributed by atoms with van der Waals surface area (Å²) in [6, 6.07) is 9.43. The molecule has 1 aromatic heterocycles. The molecular formula is C22H26N4O4. The molecule has 8 nitrogen and oxygen atoms in total. The van der Waals surface area contributed by atoms with Crippen LogP contribution < -0.4 is 24.4 Å². The number of rotatable bonds is 10. The summed E-state index contributed by atoms with van der Waals surface area (Å²) in [5.74, 6) is 2.86. The molecule has 3 rings (SSSR count). The van der Waals surface area contributed by atoms with Crippen molar-refractivity contribution in [2.24, 2.45) is 5.10 Å². The first-order valence-corrected chi connectivity index (χ1v) is 9.85. The van der Waals surface area contributed by atoms with E-state index in [2.05, 4.69) is 20.5 Å². The van der Waals surface area contributed by atoms with Crippen LogP contribution in [0.15, 0.2) is 41.8 Å². The van der Waals surface area contributed by atoms with E-state index >= 15 is 0 Å². The van der Waals surface area contributed by atoms with Crippen molar-refractivity contribution >= 4 is 22.9 Å². The Morgan fingerprint density at radius 1 is 0.933 bits per heavy atom. The van der Waals surface area contributed by atoms with Gasteiger partial charge in [-0.1, -0.05) is 12.1 Å². The van der Waals surface area contributed by atoms with Gasteiger partial charge in [-0.15, -0.1) is 0 Å². The van der Waals surface area contributed by atoms with E-state index in [4.69, 9.17) is 18.9 Å². The molecule has 8 heteroatoms. The van der Waals surface area contributed by atoms with Crippen LogP contribution in [0.5, 0.6) is 23.0 Å². The Morgan fingerprint density at radius 2 is 1.67 bits per heavy atom. The minimum atomic E-state index is 0.448. The van der Waals surface area contributed by atoms with Gasteiger partial charge in [0.1, 0.15) is 12.1 Å². The highest BCUT2D eigenvalue weighted by Crippen LogP contribution is 2.45. The minimum absolute atomic E-state index is 0.448. The number of ether oxygens (including phenoxy) is 4. The molecule has 3 aromatic rings. The van der Waals surface area contributed by atoms with Gasteiger partial charge in [-0.2, -0.15) is 5.10 Å². The van der Waals surface area contributed by atoms with Crippen LogP contribution in [0.25, 0.3) is 10.9 Å². The lowest BCUT2D eigenvalue weighted by molar-refractivity contribution is 0.263. The van der Waals surface area contributed by atoms with Crippen LogP contribution in [0.3, 0.4) is 0 Å². The second-order valence-corrected chi connectivity index (χ2v) is 6.06. The summed E-state index contributed by atoms with van der Waals surface area (Å²) in [4.78, 5) is 8.74. The van der Waals surface area contributed by atoms with Crippen LogP contribution in [-0.2, 0) is 0 Å². The number of nitrogens with zero attached hydrogens (tertiary/aromatic N) is 3. The lowest BCUT2D eigenvalue weighted by atomic mass is 10.1. The molecule has 30 heavy (non-hydrogen) atoms. The van der Waals surface area contributed by atoms with Crippen LogP contribution in [0, 0.1) is 0 Å². The Hall–Kier alpha value is -3.55. The monoisotopic (exact) mass is 410 g/mol. The zero-order valence-corrected chi connectivity index (χ0v) is 17.6. The van der Waals surface area contributed by atoms with E-state index in [0.717, 1.165) is 11.3 Å². The number of hydrogen-bond acceptors (Lipinski definition) is 8. The van der Waals surface area contributed by atoms with Gasteiger partial charge in [0.2, 0.25) is 5.75 Å². The summed E-state index contributed by atoms with van der Waals surface area (Å²) in [6.45, 7) is 7.15. The predicted octanol–water partition coefficient (Wildman–Crippen LogP) is 4.28. The number of fused-ring (bicyclic) bond motifs is 1. The molecule has 2 aromatic carbocycles. The van der Waals surface area contributed by atoms with Gasteiger partial charge in [-0.25, -0.2) is 9.97 Å². The van der Waals surface area contributed by atoms with Crippen LogP contribution in [0.1, 0.15) is 26.3 Å². The molecule has 1 N–H and O–H groups in total. The maximum absolute atomic E-state index is 5.93. The molecule has 0 spiro atoms. The Labute approximate surface area is 175 Å². The van der Waals surface area contributed by atoms with E-state index in [0.29, 0.717) is 53.8 Å². The van der Waals surface area contributed by atoms with Crippen molar-refractivity contribution in [2.75, 3.05) is 32.4 Å². The van der Waals surface area contributed by atoms with Crippen molar-refractivity contribution in [3.8, 4) is 23.0 Å². The molecule has 0 bridgehead atoms. The van der Waals surface area contributed by atoms with Gasteiger partial charge >= 0.3 is 0 Å². The van der Waals surface area contributed by atoms with E-state index in [1.54, 1.807) is 13.3 Å². The summed E-state index contributed by atoms with van der Waals surface area (Å²) in [6.07, 6.45) is 3.14. The van der Waals surface area contributed by atoms with Gasteiger partial charge in [-0.05, 0) is 32.9 Å². The number of methoxy groups -OCH3 is 1. The summed E-state index contributed by atoms with van der Waals surface area (Å²) in [5.41, 5.74) is 4.49. The maximum Gasteiger partial charge on any atom is 0.204 e. The molecule has 0 aliphatic heterocycles. The highest BCUT2D eigenvalue weighted by atomic mass is 16.5. The lowest BCUT2D eigenvalue weighted by Crippen LogP contribution is -2.05. The van der Waals surface area contributed by atoms with Crippen molar-refractivity contribution in [1.29, 1.82) is 0 Å². The second-order valence-electron chi connectivity index (χ2n) is 6.06. The van der Waals surface area contributed by atoms with E-state index < -0.39 is 0 Å². The van der Waals surface area contributed by atoms with Crippen LogP contribution in [0.2, 0.25) is 0 Å². The number of nitrogens with one attached hydrogen (secondary N) is 1. The summed E-state index contributed by atoms with van der Waals surface area (Å²) in [7, 11) is 1.62. The highest BCUT2D eigenvalue weighted by Gasteiger charge is 2.21. The maximum atomic E-state index is 5.93. The molecule has 0 fully saturated rings. The number of hydrazone groups is 1. The van der Waals surface area contributed by atoms with E-state index in [-0.39, 0.29) is 0 Å². The van der Waals surface area contributed by atoms with Crippen molar-refractivity contribution in [3.05, 3.63) is 42.2 Å². The standard InChI is InChI=1S/C22H26N4O4/c1-5-28-18-12-16-19(21(30-7-3)20(18)29-6-2)22(24-14-23-16)26-25-13-15-10-8-9-11-17(15)27-4/h8-14H,5-7H2,1-4H3,(H,23,24,26)/b25-13+. The highest BCUT2D eigenvalue weighted by molar-refractivity contribution is 5.98. The Balaban J connectivity index is 2.06. The smallest absolute Gasteiger partial charge is 0.204 e. The number of para-hydroxylation sites is 1. The van der Waals surface area contributed by atoms with Crippen LogP contribution >= 0.6 is 0 Å². The summed E-state index contributed by atoms with van der Waals surface area (Å²) < 4.78 is 22.9. The topological polar surface area (TPSA) is 87.1 Å². The Morgan fingerprint density at radius 3 is 2.40 bits per heavy atom. The molecule has 158 valence electrons. The quantitative estimate of drug-likeness (QED) is 0.394. The first kappa shape index (κ1) is 21.2. The zero-order chi connectivity index (χ0) is 21.3. The molecule has 1 heterocycles. The van der Waals surface area contributed by atoms with Gasteiger partial charge in [0.05, 0.1) is 44.0 Å². The van der Waals surface area contributed by atoms with Gasteiger partial charge in [-0.3, -0.25) is 5.43 Å². The molecule has 0 radical (unpaired) electrons. The van der Waals surface area contributed by atoms with Crippen molar-refractivity contribution in [1.82, 2.24) is 9.97 Å². The Kier molecular flexibility index (Phi) is 7.26. The van der Waals surface area contributed by atoms with Gasteiger partial charge in [0.15, 0.2) is 17.3 Å². The average Bonchev–Trinajstić information content (AvgIpc) is 2.76. The molecule has 0 unspecified atom stereocenters. The first-order valence-electron chi connectivity index (χ1n) is 9.85. The number of hydrogen-bond donors (Lipinski definition) is 1. The predicted molar refractivity (Wildman–Crippen MR) is 117 cm³/mol. The zero-order valence-electron chi connectivity index (χ0n) is 17.6. The van der Waals surface area contributed by atoms with E-state index in [1.165, 1.54) is 6.33 Å². The largest absolute Gasteiger partial charge is 0.496 e. The van der Waals surface area contributed by atoms with Gasteiger partial charge < -0.3 is 18.9 Å². The number of benzene rings is 2. The fraction of sp³-hybridized carbons (Fsp3) is 0.318. The van der Waals surface area contributed by atoms with Crippen molar-refractivity contribution in [3.63, 3.8) is 0 Å². The lowest BCUT2D eigenvalue weighted by Gasteiger charge is -2.18. The Bertz CT molecular complexity index is 1020. The molecule has 0 aliphatic rings. The molecular weight excluding hydrogens is 384 g/mol. The normalized spacial score (nSPS) is 10.9. The van der Waals surface area contributed by atoms with E-state index in [9.17, 15) is 0 Å². The molecule has 0 saturated carbocycles. The third kappa shape index (κ3) is 4.53. The molecule has 0 atom stereocenters. The molecule has 0 amide bonds. The van der Waals surface area contributed by atoms with Gasteiger partial charge in [0.25, 0.3) is 0 Å². The van der Waals surface area contributed by atoms with Crippen molar-refractivity contribution < 1.29 is 18.9 Å². The van der Waals surface area contributed by atoms with Crippen LogP contribution in [0.4, 0.5) is 5.82 Å².